The molecule has 0 spiro atoms. The molecule has 0 atom stereocenters. The van der Waals surface area contributed by atoms with Gasteiger partial charge in [0.1, 0.15) is 24.0 Å². The van der Waals surface area contributed by atoms with Gasteiger partial charge in [-0.15, -0.1) is 0 Å². The van der Waals surface area contributed by atoms with Gasteiger partial charge in [-0.1, -0.05) is 6.58 Å². The van der Waals surface area contributed by atoms with Gasteiger partial charge in [-0.25, -0.2) is 8.78 Å². The van der Waals surface area contributed by atoms with Crippen LogP contribution in [-0.2, 0) is 0 Å². The second-order valence-corrected chi connectivity index (χ2v) is 2.85. The molecule has 0 aliphatic rings. The molecular formula is C10H10F2O. The van der Waals surface area contributed by atoms with Crippen molar-refractivity contribution in [1.29, 1.82) is 0 Å². The standard InChI is InChI=1S/C10H10F2O/c1-7(2)6-13-10-4-8(11)3-9(12)5-10/h3-5H,1,6H2,2H3. The van der Waals surface area contributed by atoms with Crippen molar-refractivity contribution in [2.75, 3.05) is 6.61 Å². The lowest BCUT2D eigenvalue weighted by Gasteiger charge is -2.05. The molecule has 13 heavy (non-hydrogen) atoms. The Hall–Kier alpha value is -1.38. The maximum Gasteiger partial charge on any atom is 0.129 e. The van der Waals surface area contributed by atoms with Crippen LogP contribution in [-0.4, -0.2) is 6.61 Å². The number of hydrogen-bond donors (Lipinski definition) is 0. The molecule has 0 aliphatic carbocycles. The second-order valence-electron chi connectivity index (χ2n) is 2.85. The smallest absolute Gasteiger partial charge is 0.129 e. The summed E-state index contributed by atoms with van der Waals surface area (Å²) in [6, 6.07) is 3.06. The Morgan fingerprint density at radius 1 is 1.31 bits per heavy atom. The van der Waals surface area contributed by atoms with Gasteiger partial charge in [0.2, 0.25) is 0 Å². The lowest BCUT2D eigenvalue weighted by Crippen LogP contribution is -1.98. The number of ether oxygens (including phenoxy) is 1. The van der Waals surface area contributed by atoms with E-state index in [0.29, 0.717) is 0 Å². The quantitative estimate of drug-likeness (QED) is 0.656. The average Bonchev–Trinajstić information content (AvgIpc) is 1.99. The SMILES string of the molecule is C=C(C)COc1cc(F)cc(F)c1. The van der Waals surface area contributed by atoms with Gasteiger partial charge in [-0.2, -0.15) is 0 Å². The Kier molecular flexibility index (Phi) is 3.01. The number of hydrogen-bond acceptors (Lipinski definition) is 1. The highest BCUT2D eigenvalue weighted by Gasteiger charge is 2.00. The van der Waals surface area contributed by atoms with E-state index >= 15 is 0 Å². The molecule has 0 heterocycles. The van der Waals surface area contributed by atoms with Gasteiger partial charge < -0.3 is 4.74 Å². The van der Waals surface area contributed by atoms with Crippen LogP contribution >= 0.6 is 0 Å². The Balaban J connectivity index is 2.71. The predicted octanol–water partition coefficient (Wildman–Crippen LogP) is 2.92. The van der Waals surface area contributed by atoms with Gasteiger partial charge >= 0.3 is 0 Å². The minimum atomic E-state index is -0.642. The van der Waals surface area contributed by atoms with E-state index in [9.17, 15) is 8.78 Å². The van der Waals surface area contributed by atoms with Crippen LogP contribution in [0.1, 0.15) is 6.92 Å². The van der Waals surface area contributed by atoms with Crippen LogP contribution in [0.2, 0.25) is 0 Å². The minimum absolute atomic E-state index is 0.181. The predicted molar refractivity (Wildman–Crippen MR) is 46.7 cm³/mol. The maximum atomic E-state index is 12.6. The summed E-state index contributed by atoms with van der Waals surface area (Å²) in [5.41, 5.74) is 0.796. The molecule has 1 aromatic carbocycles. The van der Waals surface area contributed by atoms with Gasteiger partial charge in [0, 0.05) is 18.2 Å². The van der Waals surface area contributed by atoms with E-state index in [-0.39, 0.29) is 12.4 Å². The van der Waals surface area contributed by atoms with Crippen molar-refractivity contribution in [3.8, 4) is 5.75 Å². The molecule has 1 nitrogen and oxygen atoms in total. The van der Waals surface area contributed by atoms with Crippen molar-refractivity contribution in [1.82, 2.24) is 0 Å². The molecule has 0 amide bonds. The summed E-state index contributed by atoms with van der Waals surface area (Å²) in [6.45, 7) is 5.64. The molecule has 0 bridgehead atoms. The number of rotatable bonds is 3. The number of halogens is 2. The van der Waals surface area contributed by atoms with Crippen molar-refractivity contribution in [3.63, 3.8) is 0 Å². The third-order valence-electron chi connectivity index (χ3n) is 1.32. The average molecular weight is 184 g/mol. The molecule has 0 N–H and O–H groups in total. The molecule has 0 radical (unpaired) electrons. The zero-order chi connectivity index (χ0) is 9.84. The minimum Gasteiger partial charge on any atom is -0.489 e. The van der Waals surface area contributed by atoms with E-state index in [1.54, 1.807) is 6.92 Å². The van der Waals surface area contributed by atoms with E-state index in [4.69, 9.17) is 4.74 Å². The highest BCUT2D eigenvalue weighted by molar-refractivity contribution is 5.24. The third-order valence-corrected chi connectivity index (χ3v) is 1.32. The summed E-state index contributed by atoms with van der Waals surface area (Å²) in [7, 11) is 0. The second kappa shape index (κ2) is 4.03. The van der Waals surface area contributed by atoms with Gasteiger partial charge in [0.25, 0.3) is 0 Å². The van der Waals surface area contributed by atoms with Crippen molar-refractivity contribution < 1.29 is 13.5 Å². The Morgan fingerprint density at radius 2 is 1.85 bits per heavy atom. The largest absolute Gasteiger partial charge is 0.489 e. The summed E-state index contributed by atoms with van der Waals surface area (Å²) in [5, 5.41) is 0. The van der Waals surface area contributed by atoms with Crippen molar-refractivity contribution >= 4 is 0 Å². The Labute approximate surface area is 75.6 Å². The summed E-state index contributed by atoms with van der Waals surface area (Å²) >= 11 is 0. The Bertz CT molecular complexity index is 300. The molecule has 0 fully saturated rings. The van der Waals surface area contributed by atoms with E-state index in [0.717, 1.165) is 23.8 Å². The van der Waals surface area contributed by atoms with E-state index in [1.807, 2.05) is 0 Å². The molecular weight excluding hydrogens is 174 g/mol. The molecule has 3 heteroatoms. The van der Waals surface area contributed by atoms with Crippen LogP contribution in [0.3, 0.4) is 0 Å². The lowest BCUT2D eigenvalue weighted by molar-refractivity contribution is 0.348. The topological polar surface area (TPSA) is 9.23 Å². The summed E-state index contributed by atoms with van der Waals surface area (Å²) in [4.78, 5) is 0. The van der Waals surface area contributed by atoms with Crippen molar-refractivity contribution in [3.05, 3.63) is 42.0 Å². The summed E-state index contributed by atoms with van der Waals surface area (Å²) in [5.74, 6) is -1.10. The molecule has 0 saturated carbocycles. The molecule has 0 aliphatic heterocycles. The first-order valence-corrected chi connectivity index (χ1v) is 3.81. The van der Waals surface area contributed by atoms with Gasteiger partial charge in [0.05, 0.1) is 0 Å². The van der Waals surface area contributed by atoms with Crippen LogP contribution in [0.25, 0.3) is 0 Å². The first-order valence-electron chi connectivity index (χ1n) is 3.81. The zero-order valence-electron chi connectivity index (χ0n) is 7.31. The first-order chi connectivity index (χ1) is 6.08. The first kappa shape index (κ1) is 9.71. The number of benzene rings is 1. The van der Waals surface area contributed by atoms with Crippen LogP contribution in [0.5, 0.6) is 5.75 Å². The normalized spacial score (nSPS) is 9.77. The monoisotopic (exact) mass is 184 g/mol. The third kappa shape index (κ3) is 3.23. The molecule has 1 aromatic rings. The molecule has 0 aromatic heterocycles. The fourth-order valence-corrected chi connectivity index (χ4v) is 0.818. The van der Waals surface area contributed by atoms with Gasteiger partial charge in [0.15, 0.2) is 0 Å². The van der Waals surface area contributed by atoms with E-state index in [2.05, 4.69) is 6.58 Å². The highest BCUT2D eigenvalue weighted by atomic mass is 19.1. The van der Waals surface area contributed by atoms with Crippen LogP contribution in [0.15, 0.2) is 30.4 Å². The van der Waals surface area contributed by atoms with E-state index in [1.165, 1.54) is 0 Å². The van der Waals surface area contributed by atoms with Gasteiger partial charge in [-0.05, 0) is 12.5 Å². The molecule has 0 saturated heterocycles. The molecule has 1 rings (SSSR count). The molecule has 0 unspecified atom stereocenters. The van der Waals surface area contributed by atoms with Crippen molar-refractivity contribution in [2.24, 2.45) is 0 Å². The van der Waals surface area contributed by atoms with Crippen LogP contribution in [0.4, 0.5) is 8.78 Å². The van der Waals surface area contributed by atoms with Crippen LogP contribution < -0.4 is 4.74 Å². The maximum absolute atomic E-state index is 12.6. The van der Waals surface area contributed by atoms with E-state index < -0.39 is 11.6 Å². The van der Waals surface area contributed by atoms with Crippen LogP contribution in [0, 0.1) is 11.6 Å². The Morgan fingerprint density at radius 3 is 2.31 bits per heavy atom. The van der Waals surface area contributed by atoms with Crippen molar-refractivity contribution in [2.45, 2.75) is 6.92 Å². The fourth-order valence-electron chi connectivity index (χ4n) is 0.818. The zero-order valence-corrected chi connectivity index (χ0v) is 7.31. The fraction of sp³-hybridized carbons (Fsp3) is 0.200. The lowest BCUT2D eigenvalue weighted by atomic mass is 10.3. The highest BCUT2D eigenvalue weighted by Crippen LogP contribution is 2.15. The van der Waals surface area contributed by atoms with Gasteiger partial charge in [-0.3, -0.25) is 0 Å². The summed E-state index contributed by atoms with van der Waals surface area (Å²) in [6.07, 6.45) is 0. The summed E-state index contributed by atoms with van der Waals surface area (Å²) < 4.78 is 30.3. The molecule has 70 valence electrons.